The molecular weight excluding hydrogens is 703 g/mol. The lowest BCUT2D eigenvalue weighted by Crippen LogP contribution is -2.36. The van der Waals surface area contributed by atoms with Crippen molar-refractivity contribution in [1.29, 1.82) is 0 Å². The zero-order chi connectivity index (χ0) is 43.3. The van der Waals surface area contributed by atoms with Gasteiger partial charge in [-0.05, 0) is 82.6 Å². The molecule has 0 atom stereocenters. The first-order valence-corrected chi connectivity index (χ1v) is 21.5. The van der Waals surface area contributed by atoms with Gasteiger partial charge in [-0.15, -0.1) is 17.2 Å². The summed E-state index contributed by atoms with van der Waals surface area (Å²) < 4.78 is 0. The van der Waals surface area contributed by atoms with Gasteiger partial charge in [0.15, 0.2) is 0 Å². The van der Waals surface area contributed by atoms with Crippen molar-refractivity contribution in [3.63, 3.8) is 0 Å². The molecule has 0 amide bonds. The predicted octanol–water partition coefficient (Wildman–Crippen LogP) is 9.51. The summed E-state index contributed by atoms with van der Waals surface area (Å²) in [7, 11) is 0. The molecular formula is C51H78N3O3-3. The summed E-state index contributed by atoms with van der Waals surface area (Å²) >= 11 is 0. The van der Waals surface area contributed by atoms with E-state index in [1.165, 1.54) is 16.7 Å². The second-order valence-electron chi connectivity index (χ2n) is 23.4. The fourth-order valence-corrected chi connectivity index (χ4v) is 7.77. The number of rotatable bonds is 6. The summed E-state index contributed by atoms with van der Waals surface area (Å²) in [6.45, 7) is 45.3. The molecule has 4 rings (SSSR count). The molecule has 0 bridgehead atoms. The highest BCUT2D eigenvalue weighted by atomic mass is 16.3. The first-order valence-electron chi connectivity index (χ1n) is 21.5. The Bertz CT molecular complexity index is 1640. The summed E-state index contributed by atoms with van der Waals surface area (Å²) in [5.74, 6) is 0.412. The van der Waals surface area contributed by atoms with Crippen LogP contribution < -0.4 is 15.3 Å². The van der Waals surface area contributed by atoms with Crippen molar-refractivity contribution < 1.29 is 15.3 Å². The van der Waals surface area contributed by atoms with Gasteiger partial charge in [0.05, 0.1) is 0 Å². The summed E-state index contributed by atoms with van der Waals surface area (Å²) in [5.41, 5.74) is 7.54. The van der Waals surface area contributed by atoms with Crippen LogP contribution in [-0.2, 0) is 52.1 Å². The molecule has 57 heavy (non-hydrogen) atoms. The summed E-state index contributed by atoms with van der Waals surface area (Å²) in [6, 6.07) is 12.8. The maximum Gasteiger partial charge on any atom is 0.0228 e. The lowest BCUT2D eigenvalue weighted by atomic mass is 9.79. The average molecular weight is 781 g/mol. The SMILES string of the molecule is CC(C)(C)c1cc(CN2CCN(Cc3cc(C(C)(C)C)cc(C(C)(C)C)c3[O-])CCN(Cc3cc(C(C)(C)C)cc(C(C)(C)C)c3[O-])CC2)c([O-])c(C(C)(C)C)c1. The van der Waals surface area contributed by atoms with Crippen molar-refractivity contribution >= 4 is 0 Å². The van der Waals surface area contributed by atoms with Gasteiger partial charge in [-0.1, -0.05) is 161 Å². The van der Waals surface area contributed by atoms with Crippen LogP contribution in [0.5, 0.6) is 17.2 Å². The molecule has 1 aliphatic heterocycles. The standard InChI is InChI=1S/C51H81N3O3/c1-46(2,3)37-25-34(43(55)40(28-37)49(10,11)12)31-52-19-21-53(32-35-26-38(47(4,5)6)29-41(44(35)56)50(13,14)15)23-24-54(22-20-52)33-36-27-39(48(7,8)9)30-42(45(36)57)51(16,17)18/h25-30,55-57H,19-24,31-33H2,1-18H3/p-3. The summed E-state index contributed by atoms with van der Waals surface area (Å²) in [6.07, 6.45) is 0. The molecule has 0 N–H and O–H groups in total. The number of hydrogen-bond donors (Lipinski definition) is 0. The Balaban J connectivity index is 1.80. The van der Waals surface area contributed by atoms with E-state index in [0.29, 0.717) is 19.6 Å². The lowest BCUT2D eigenvalue weighted by Gasteiger charge is -2.35. The molecule has 3 aromatic carbocycles. The molecule has 1 saturated heterocycles. The topological polar surface area (TPSA) is 78.9 Å². The summed E-state index contributed by atoms with van der Waals surface area (Å²) in [5, 5.41) is 42.6. The second kappa shape index (κ2) is 16.5. The Morgan fingerprint density at radius 1 is 0.333 bits per heavy atom. The first kappa shape index (κ1) is 46.6. The molecule has 3 aromatic rings. The minimum atomic E-state index is -0.276. The Hall–Kier alpha value is -3.06. The molecule has 0 spiro atoms. The van der Waals surface area contributed by atoms with E-state index in [2.05, 4.69) is 176 Å². The highest BCUT2D eigenvalue weighted by Gasteiger charge is 2.27. The van der Waals surface area contributed by atoms with Gasteiger partial charge >= 0.3 is 0 Å². The zero-order valence-electron chi connectivity index (χ0n) is 39.4. The zero-order valence-corrected chi connectivity index (χ0v) is 39.4. The van der Waals surface area contributed by atoms with E-state index in [4.69, 9.17) is 0 Å². The molecule has 318 valence electrons. The van der Waals surface area contributed by atoms with Crippen molar-refractivity contribution in [2.24, 2.45) is 0 Å². The number of benzene rings is 3. The quantitative estimate of drug-likeness (QED) is 0.248. The van der Waals surface area contributed by atoms with Crippen LogP contribution in [0.3, 0.4) is 0 Å². The van der Waals surface area contributed by atoms with Crippen LogP contribution >= 0.6 is 0 Å². The maximum absolute atomic E-state index is 14.2. The molecule has 0 aliphatic carbocycles. The highest BCUT2D eigenvalue weighted by molar-refractivity contribution is 5.50. The van der Waals surface area contributed by atoms with Crippen LogP contribution in [0.15, 0.2) is 36.4 Å². The fourth-order valence-electron chi connectivity index (χ4n) is 7.77. The Labute approximate surface area is 348 Å². The van der Waals surface area contributed by atoms with E-state index < -0.39 is 0 Å². The third-order valence-corrected chi connectivity index (χ3v) is 11.9. The van der Waals surface area contributed by atoms with Crippen LogP contribution in [0.1, 0.15) is 175 Å². The molecule has 6 heteroatoms. The van der Waals surface area contributed by atoms with Gasteiger partial charge < -0.3 is 15.3 Å². The van der Waals surface area contributed by atoms with Crippen LogP contribution in [0.4, 0.5) is 0 Å². The number of nitrogens with zero attached hydrogens (tertiary/aromatic N) is 3. The van der Waals surface area contributed by atoms with Gasteiger partial charge in [0, 0.05) is 58.9 Å². The Morgan fingerprint density at radius 2 is 0.526 bits per heavy atom. The Morgan fingerprint density at radius 3 is 0.684 bits per heavy atom. The van der Waals surface area contributed by atoms with Crippen molar-refractivity contribution in [2.75, 3.05) is 39.3 Å². The molecule has 6 nitrogen and oxygen atoms in total. The molecule has 0 radical (unpaired) electrons. The van der Waals surface area contributed by atoms with Crippen molar-refractivity contribution in [3.8, 4) is 17.2 Å². The molecule has 1 heterocycles. The maximum atomic E-state index is 14.2. The molecule has 0 saturated carbocycles. The van der Waals surface area contributed by atoms with Crippen molar-refractivity contribution in [3.05, 3.63) is 86.5 Å². The van der Waals surface area contributed by atoms with Crippen LogP contribution in [-0.4, -0.2) is 54.0 Å². The van der Waals surface area contributed by atoms with E-state index >= 15 is 0 Å². The van der Waals surface area contributed by atoms with Gasteiger partial charge in [0.2, 0.25) is 0 Å². The molecule has 1 aliphatic rings. The third-order valence-electron chi connectivity index (χ3n) is 11.9. The van der Waals surface area contributed by atoms with Crippen LogP contribution in [0.2, 0.25) is 0 Å². The summed E-state index contributed by atoms with van der Waals surface area (Å²) in [4.78, 5) is 7.28. The fraction of sp³-hybridized carbons (Fsp3) is 0.647. The highest BCUT2D eigenvalue weighted by Crippen LogP contribution is 2.40. The van der Waals surface area contributed by atoms with Crippen LogP contribution in [0, 0.1) is 0 Å². The van der Waals surface area contributed by atoms with Gasteiger partial charge in [-0.2, -0.15) is 0 Å². The second-order valence-corrected chi connectivity index (χ2v) is 23.4. The number of hydrogen-bond acceptors (Lipinski definition) is 6. The van der Waals surface area contributed by atoms with Gasteiger partial charge in [0.25, 0.3) is 0 Å². The average Bonchev–Trinajstić information content (AvgIpc) is 3.11. The largest absolute Gasteiger partial charge is 0.872 e. The van der Waals surface area contributed by atoms with Gasteiger partial charge in [0.1, 0.15) is 0 Å². The predicted molar refractivity (Wildman–Crippen MR) is 236 cm³/mol. The van der Waals surface area contributed by atoms with Crippen LogP contribution in [0.25, 0.3) is 0 Å². The molecule has 0 unspecified atom stereocenters. The first-order chi connectivity index (χ1) is 25.8. The molecule has 1 fully saturated rings. The van der Waals surface area contributed by atoms with Gasteiger partial charge in [-0.3, -0.25) is 14.7 Å². The monoisotopic (exact) mass is 781 g/mol. The van der Waals surface area contributed by atoms with E-state index in [9.17, 15) is 15.3 Å². The van der Waals surface area contributed by atoms with Crippen molar-refractivity contribution in [1.82, 2.24) is 14.7 Å². The minimum absolute atomic E-state index is 0.100. The van der Waals surface area contributed by atoms with Crippen molar-refractivity contribution in [2.45, 2.75) is 177 Å². The Kier molecular flexibility index (Phi) is 13.5. The van der Waals surface area contributed by atoms with E-state index in [1.807, 2.05) is 0 Å². The molecule has 0 aromatic heterocycles. The normalized spacial score (nSPS) is 16.7. The van der Waals surface area contributed by atoms with E-state index in [1.54, 1.807) is 0 Å². The van der Waals surface area contributed by atoms with E-state index in [-0.39, 0.29) is 49.7 Å². The third kappa shape index (κ3) is 11.8. The lowest BCUT2D eigenvalue weighted by molar-refractivity contribution is -0.272. The minimum Gasteiger partial charge on any atom is -0.872 e. The smallest absolute Gasteiger partial charge is 0.0228 e. The van der Waals surface area contributed by atoms with Gasteiger partial charge in [-0.25, -0.2) is 0 Å². The van der Waals surface area contributed by atoms with E-state index in [0.717, 1.165) is 72.6 Å².